The summed E-state index contributed by atoms with van der Waals surface area (Å²) in [4.78, 5) is 0.648. The summed E-state index contributed by atoms with van der Waals surface area (Å²) in [6.45, 7) is 4.47. The molecule has 0 rings (SSSR count). The number of halogens is 1. The van der Waals surface area contributed by atoms with E-state index in [9.17, 15) is 0 Å². The van der Waals surface area contributed by atoms with Gasteiger partial charge in [-0.2, -0.15) is 0 Å². The molecule has 0 aromatic carbocycles. The zero-order chi connectivity index (χ0) is 12.1. The van der Waals surface area contributed by atoms with Gasteiger partial charge in [0.2, 0.25) is 0 Å². The molecule has 0 radical (unpaired) electrons. The minimum Gasteiger partial charge on any atom is -0.0913 e. The Bertz CT molecular complexity index is 193. The van der Waals surface area contributed by atoms with E-state index in [2.05, 4.69) is 41.0 Å². The van der Waals surface area contributed by atoms with E-state index in [1.54, 1.807) is 11.8 Å². The van der Waals surface area contributed by atoms with Crippen molar-refractivity contribution >= 4 is 27.7 Å². The van der Waals surface area contributed by atoms with E-state index in [-0.39, 0.29) is 0 Å². The normalized spacial score (nSPS) is 11.9. The first-order valence-corrected chi connectivity index (χ1v) is 8.45. The second-order valence-electron chi connectivity index (χ2n) is 4.14. The smallest absolute Gasteiger partial charge is 0.0246 e. The van der Waals surface area contributed by atoms with Gasteiger partial charge >= 0.3 is 0 Å². The number of rotatable bonds is 9. The molecule has 0 aromatic heterocycles. The number of alkyl halides is 1. The van der Waals surface area contributed by atoms with Crippen LogP contribution in [0.4, 0.5) is 0 Å². The van der Waals surface area contributed by atoms with Crippen LogP contribution in [-0.2, 0) is 0 Å². The molecule has 1 unspecified atom stereocenters. The lowest BCUT2D eigenvalue weighted by atomic mass is 10.1. The third-order valence-corrected chi connectivity index (χ3v) is 4.50. The zero-order valence-electron chi connectivity index (χ0n) is 10.7. The Labute approximate surface area is 114 Å². The Morgan fingerprint density at radius 3 is 2.50 bits per heavy atom. The highest BCUT2D eigenvalue weighted by atomic mass is 79.9. The van der Waals surface area contributed by atoms with Crippen LogP contribution in [0.15, 0.2) is 0 Å². The van der Waals surface area contributed by atoms with Crippen molar-refractivity contribution in [2.24, 2.45) is 0 Å². The van der Waals surface area contributed by atoms with Gasteiger partial charge in [0.05, 0.1) is 0 Å². The first-order chi connectivity index (χ1) is 7.81. The predicted octanol–water partition coefficient (Wildman–Crippen LogP) is 5.60. The Kier molecular flexibility index (Phi) is 13.8. The topological polar surface area (TPSA) is 0 Å². The largest absolute Gasteiger partial charge is 0.0913 e. The monoisotopic (exact) mass is 304 g/mol. The third kappa shape index (κ3) is 12.5. The lowest BCUT2D eigenvalue weighted by Crippen LogP contribution is -2.00. The van der Waals surface area contributed by atoms with Crippen LogP contribution in [0, 0.1) is 11.2 Å². The van der Waals surface area contributed by atoms with Gasteiger partial charge in [0.25, 0.3) is 0 Å². The molecule has 0 nitrogen and oxygen atoms in total. The highest BCUT2D eigenvalue weighted by Gasteiger charge is 2.02. The van der Waals surface area contributed by atoms with Gasteiger partial charge in [-0.1, -0.05) is 79.6 Å². The number of thioether (sulfide) groups is 1. The Hall–Kier alpha value is 0.390. The van der Waals surface area contributed by atoms with E-state index < -0.39 is 0 Å². The fourth-order valence-electron chi connectivity index (χ4n) is 1.38. The lowest BCUT2D eigenvalue weighted by molar-refractivity contribution is 0.635. The summed E-state index contributed by atoms with van der Waals surface area (Å²) in [5, 5.41) is 3.19. The van der Waals surface area contributed by atoms with Gasteiger partial charge in [-0.05, 0) is 18.1 Å². The maximum absolute atomic E-state index is 3.72. The van der Waals surface area contributed by atoms with Crippen LogP contribution < -0.4 is 0 Å². The first-order valence-electron chi connectivity index (χ1n) is 6.55. The van der Waals surface area contributed by atoms with E-state index in [0.29, 0.717) is 4.83 Å². The fourth-order valence-corrected chi connectivity index (χ4v) is 2.73. The van der Waals surface area contributed by atoms with Crippen molar-refractivity contribution in [2.75, 3.05) is 5.75 Å². The van der Waals surface area contributed by atoms with Gasteiger partial charge in [-0.15, -0.1) is 0 Å². The molecule has 0 aliphatic carbocycles. The van der Waals surface area contributed by atoms with Gasteiger partial charge in [-0.3, -0.25) is 0 Å². The molecular weight excluding hydrogens is 280 g/mol. The molecule has 0 aromatic rings. The third-order valence-electron chi connectivity index (χ3n) is 2.43. The molecular formula is C14H25BrS. The van der Waals surface area contributed by atoms with E-state index in [1.807, 2.05) is 0 Å². The SMILES string of the molecule is CCCCC#CSCC(Br)CCCCCC. The highest BCUT2D eigenvalue weighted by molar-refractivity contribution is 9.09. The van der Waals surface area contributed by atoms with Gasteiger partial charge in [0.1, 0.15) is 0 Å². The molecule has 0 saturated carbocycles. The van der Waals surface area contributed by atoms with E-state index in [0.717, 1.165) is 12.2 Å². The first kappa shape index (κ1) is 16.4. The summed E-state index contributed by atoms with van der Waals surface area (Å²) in [7, 11) is 0. The van der Waals surface area contributed by atoms with E-state index >= 15 is 0 Å². The van der Waals surface area contributed by atoms with Gasteiger partial charge in [-0.25, -0.2) is 0 Å². The van der Waals surface area contributed by atoms with Crippen molar-refractivity contribution in [3.8, 4) is 11.2 Å². The number of unbranched alkanes of at least 4 members (excludes halogenated alkanes) is 5. The quantitative estimate of drug-likeness (QED) is 0.303. The molecule has 0 amide bonds. The summed E-state index contributed by atoms with van der Waals surface area (Å²) < 4.78 is 0. The molecule has 0 bridgehead atoms. The molecule has 0 aliphatic rings. The van der Waals surface area contributed by atoms with Gasteiger partial charge in [0.15, 0.2) is 0 Å². The summed E-state index contributed by atoms with van der Waals surface area (Å²) in [5.74, 6) is 4.34. The van der Waals surface area contributed by atoms with Crippen LogP contribution >= 0.6 is 27.7 Å². The number of hydrogen-bond acceptors (Lipinski definition) is 1. The maximum atomic E-state index is 3.72. The van der Waals surface area contributed by atoms with Gasteiger partial charge in [0, 0.05) is 17.0 Å². The maximum Gasteiger partial charge on any atom is 0.0246 e. The second-order valence-corrected chi connectivity index (χ2v) is 6.26. The summed E-state index contributed by atoms with van der Waals surface area (Å²) in [6.07, 6.45) is 10.3. The van der Waals surface area contributed by atoms with Crippen molar-refractivity contribution in [1.82, 2.24) is 0 Å². The standard InChI is InChI=1S/C14H25BrS/c1-3-5-7-9-11-14(15)13-16-12-10-8-6-4-2/h14H,3-9,11,13H2,1-2H3. The van der Waals surface area contributed by atoms with Crippen LogP contribution in [0.1, 0.15) is 65.2 Å². The average Bonchev–Trinajstić information content (AvgIpc) is 2.29. The van der Waals surface area contributed by atoms with Crippen molar-refractivity contribution in [1.29, 1.82) is 0 Å². The molecule has 0 saturated heterocycles. The average molecular weight is 305 g/mol. The van der Waals surface area contributed by atoms with Crippen LogP contribution in [0.25, 0.3) is 0 Å². The molecule has 0 fully saturated rings. The molecule has 16 heavy (non-hydrogen) atoms. The Morgan fingerprint density at radius 1 is 1.06 bits per heavy atom. The summed E-state index contributed by atoms with van der Waals surface area (Å²) in [6, 6.07) is 0. The summed E-state index contributed by atoms with van der Waals surface area (Å²) >= 11 is 5.49. The van der Waals surface area contributed by atoms with E-state index in [4.69, 9.17) is 0 Å². The molecule has 94 valence electrons. The fraction of sp³-hybridized carbons (Fsp3) is 0.857. The van der Waals surface area contributed by atoms with Crippen LogP contribution in [0.3, 0.4) is 0 Å². The van der Waals surface area contributed by atoms with Crippen LogP contribution in [0.5, 0.6) is 0 Å². The minimum atomic E-state index is 0.648. The van der Waals surface area contributed by atoms with Crippen molar-refractivity contribution < 1.29 is 0 Å². The number of hydrogen-bond donors (Lipinski definition) is 0. The predicted molar refractivity (Wildman–Crippen MR) is 81.2 cm³/mol. The van der Waals surface area contributed by atoms with E-state index in [1.165, 1.54) is 44.9 Å². The lowest BCUT2D eigenvalue weighted by Gasteiger charge is -2.06. The molecule has 0 heterocycles. The van der Waals surface area contributed by atoms with Crippen molar-refractivity contribution in [2.45, 2.75) is 70.0 Å². The van der Waals surface area contributed by atoms with Crippen LogP contribution in [0.2, 0.25) is 0 Å². The molecule has 1 atom stereocenters. The molecule has 0 N–H and O–H groups in total. The van der Waals surface area contributed by atoms with Crippen molar-refractivity contribution in [3.05, 3.63) is 0 Å². The Balaban J connectivity index is 3.27. The second kappa shape index (κ2) is 13.5. The van der Waals surface area contributed by atoms with Gasteiger partial charge < -0.3 is 0 Å². The Morgan fingerprint density at radius 2 is 1.81 bits per heavy atom. The molecule has 0 spiro atoms. The van der Waals surface area contributed by atoms with Crippen molar-refractivity contribution in [3.63, 3.8) is 0 Å². The summed E-state index contributed by atoms with van der Waals surface area (Å²) in [5.41, 5.74) is 0. The molecule has 0 aliphatic heterocycles. The highest BCUT2D eigenvalue weighted by Crippen LogP contribution is 2.16. The van der Waals surface area contributed by atoms with Crippen LogP contribution in [-0.4, -0.2) is 10.6 Å². The zero-order valence-corrected chi connectivity index (χ0v) is 13.1. The molecule has 2 heteroatoms. The minimum absolute atomic E-state index is 0.648.